The first kappa shape index (κ1) is 12.4. The number of hydrogen-bond acceptors (Lipinski definition) is 2. The molecule has 0 saturated carbocycles. The fraction of sp³-hybridized carbons (Fsp3) is 0.455. The molecule has 0 aliphatic heterocycles. The van der Waals surface area contributed by atoms with Crippen LogP contribution in [0.3, 0.4) is 0 Å². The van der Waals surface area contributed by atoms with Gasteiger partial charge in [0.1, 0.15) is 5.82 Å². The zero-order valence-electron chi connectivity index (χ0n) is 8.84. The third kappa shape index (κ3) is 2.91. The zero-order valence-corrected chi connectivity index (χ0v) is 9.59. The lowest BCUT2D eigenvalue weighted by atomic mass is 10.0. The number of benzene rings is 1. The van der Waals surface area contributed by atoms with E-state index in [1.54, 1.807) is 7.11 Å². The molecule has 0 aromatic heterocycles. The van der Waals surface area contributed by atoms with Crippen LogP contribution in [0.5, 0.6) is 0 Å². The Kier molecular flexibility index (Phi) is 4.51. The van der Waals surface area contributed by atoms with E-state index >= 15 is 0 Å². The average molecular weight is 232 g/mol. The summed E-state index contributed by atoms with van der Waals surface area (Å²) in [5, 5.41) is 0.472. The standard InChI is InChI=1S/C11H15ClFNO/c1-3-10(15-2)11(14)8-6-7(13)4-5-9(8)12/h4-6,10-11H,3,14H2,1-2H3. The lowest BCUT2D eigenvalue weighted by Gasteiger charge is -2.22. The van der Waals surface area contributed by atoms with E-state index in [0.29, 0.717) is 10.6 Å². The van der Waals surface area contributed by atoms with Gasteiger partial charge >= 0.3 is 0 Å². The summed E-state index contributed by atoms with van der Waals surface area (Å²) in [4.78, 5) is 0. The Morgan fingerprint density at radius 1 is 1.53 bits per heavy atom. The van der Waals surface area contributed by atoms with Gasteiger partial charge in [0.25, 0.3) is 0 Å². The van der Waals surface area contributed by atoms with Gasteiger partial charge in [-0.1, -0.05) is 18.5 Å². The molecule has 0 amide bonds. The highest BCUT2D eigenvalue weighted by Crippen LogP contribution is 2.26. The summed E-state index contributed by atoms with van der Waals surface area (Å²) in [7, 11) is 1.58. The molecule has 2 atom stereocenters. The molecule has 0 aliphatic carbocycles. The van der Waals surface area contributed by atoms with Crippen LogP contribution < -0.4 is 5.73 Å². The predicted molar refractivity (Wildman–Crippen MR) is 59.4 cm³/mol. The van der Waals surface area contributed by atoms with E-state index in [1.807, 2.05) is 6.92 Å². The fourth-order valence-corrected chi connectivity index (χ4v) is 1.78. The zero-order chi connectivity index (χ0) is 11.4. The Bertz CT molecular complexity index is 328. The molecule has 15 heavy (non-hydrogen) atoms. The molecule has 0 aliphatic rings. The van der Waals surface area contributed by atoms with Gasteiger partial charge < -0.3 is 10.5 Å². The molecule has 0 heterocycles. The highest BCUT2D eigenvalue weighted by Gasteiger charge is 2.20. The maximum Gasteiger partial charge on any atom is 0.123 e. The Labute approximate surface area is 94.2 Å². The van der Waals surface area contributed by atoms with Crippen molar-refractivity contribution in [3.63, 3.8) is 0 Å². The van der Waals surface area contributed by atoms with E-state index < -0.39 is 6.04 Å². The number of halogens is 2. The Morgan fingerprint density at radius 2 is 2.20 bits per heavy atom. The van der Waals surface area contributed by atoms with Crippen molar-refractivity contribution in [2.75, 3.05) is 7.11 Å². The van der Waals surface area contributed by atoms with Gasteiger partial charge in [0.15, 0.2) is 0 Å². The summed E-state index contributed by atoms with van der Waals surface area (Å²) in [6.45, 7) is 1.96. The van der Waals surface area contributed by atoms with Crippen molar-refractivity contribution < 1.29 is 9.13 Å². The molecule has 0 fully saturated rings. The molecule has 0 saturated heterocycles. The molecule has 4 heteroatoms. The number of nitrogens with two attached hydrogens (primary N) is 1. The van der Waals surface area contributed by atoms with Crippen molar-refractivity contribution in [3.05, 3.63) is 34.6 Å². The van der Waals surface area contributed by atoms with Crippen LogP contribution in [0, 0.1) is 5.82 Å². The lowest BCUT2D eigenvalue weighted by Crippen LogP contribution is -2.27. The number of hydrogen-bond donors (Lipinski definition) is 1. The van der Waals surface area contributed by atoms with Gasteiger partial charge in [0, 0.05) is 12.1 Å². The number of ether oxygens (including phenoxy) is 1. The van der Waals surface area contributed by atoms with Gasteiger partial charge in [0.05, 0.1) is 12.1 Å². The summed E-state index contributed by atoms with van der Waals surface area (Å²) in [6, 6.07) is 3.78. The Hall–Kier alpha value is -0.640. The quantitative estimate of drug-likeness (QED) is 0.865. The third-order valence-corrected chi connectivity index (χ3v) is 2.77. The van der Waals surface area contributed by atoms with Crippen LogP contribution in [0.25, 0.3) is 0 Å². The number of rotatable bonds is 4. The van der Waals surface area contributed by atoms with Gasteiger partial charge in [-0.3, -0.25) is 0 Å². The molecule has 2 N–H and O–H groups in total. The second-order valence-corrected chi connectivity index (χ2v) is 3.78. The van der Waals surface area contributed by atoms with Crippen molar-refractivity contribution in [2.45, 2.75) is 25.5 Å². The molecule has 2 unspecified atom stereocenters. The van der Waals surface area contributed by atoms with Gasteiger partial charge in [-0.25, -0.2) is 4.39 Å². The topological polar surface area (TPSA) is 35.2 Å². The molecule has 1 rings (SSSR count). The first-order valence-corrected chi connectivity index (χ1v) is 5.21. The van der Waals surface area contributed by atoms with E-state index in [4.69, 9.17) is 22.1 Å². The summed E-state index contributed by atoms with van der Waals surface area (Å²) < 4.78 is 18.2. The van der Waals surface area contributed by atoms with Crippen LogP contribution in [0.15, 0.2) is 18.2 Å². The van der Waals surface area contributed by atoms with Crippen molar-refractivity contribution >= 4 is 11.6 Å². The second-order valence-electron chi connectivity index (χ2n) is 3.37. The van der Waals surface area contributed by atoms with Crippen molar-refractivity contribution in [3.8, 4) is 0 Å². The van der Waals surface area contributed by atoms with E-state index in [-0.39, 0.29) is 11.9 Å². The van der Waals surface area contributed by atoms with Crippen molar-refractivity contribution in [1.82, 2.24) is 0 Å². The summed E-state index contributed by atoms with van der Waals surface area (Å²) >= 11 is 5.95. The largest absolute Gasteiger partial charge is 0.379 e. The summed E-state index contributed by atoms with van der Waals surface area (Å²) in [6.07, 6.45) is 0.606. The van der Waals surface area contributed by atoms with Crippen molar-refractivity contribution in [1.29, 1.82) is 0 Å². The third-order valence-electron chi connectivity index (χ3n) is 2.42. The predicted octanol–water partition coefficient (Wildman–Crippen LogP) is 2.90. The molecular weight excluding hydrogens is 217 g/mol. The molecule has 84 valence electrons. The van der Waals surface area contributed by atoms with Crippen LogP contribution in [0.2, 0.25) is 5.02 Å². The fourth-order valence-electron chi connectivity index (χ4n) is 1.54. The lowest BCUT2D eigenvalue weighted by molar-refractivity contribution is 0.0771. The molecule has 2 nitrogen and oxygen atoms in total. The minimum atomic E-state index is -0.400. The van der Waals surface area contributed by atoms with Gasteiger partial charge in [-0.2, -0.15) is 0 Å². The van der Waals surface area contributed by atoms with Gasteiger partial charge in [-0.05, 0) is 30.2 Å². The maximum absolute atomic E-state index is 13.0. The molecular formula is C11H15ClFNO. The molecule has 0 spiro atoms. The van der Waals surface area contributed by atoms with E-state index in [0.717, 1.165) is 6.42 Å². The number of methoxy groups -OCH3 is 1. The van der Waals surface area contributed by atoms with Crippen molar-refractivity contribution in [2.24, 2.45) is 5.73 Å². The van der Waals surface area contributed by atoms with Crippen LogP contribution in [0.4, 0.5) is 4.39 Å². The smallest absolute Gasteiger partial charge is 0.123 e. The minimum absolute atomic E-state index is 0.149. The molecule has 1 aromatic carbocycles. The van der Waals surface area contributed by atoms with Crippen LogP contribution >= 0.6 is 11.6 Å². The Morgan fingerprint density at radius 3 is 2.73 bits per heavy atom. The highest BCUT2D eigenvalue weighted by molar-refractivity contribution is 6.31. The van der Waals surface area contributed by atoms with Gasteiger partial charge in [0.2, 0.25) is 0 Å². The first-order valence-electron chi connectivity index (χ1n) is 4.83. The molecule has 0 radical (unpaired) electrons. The highest BCUT2D eigenvalue weighted by atomic mass is 35.5. The SMILES string of the molecule is CCC(OC)C(N)c1cc(F)ccc1Cl. The van der Waals surface area contributed by atoms with Crippen LogP contribution in [0.1, 0.15) is 24.9 Å². The van der Waals surface area contributed by atoms with E-state index in [9.17, 15) is 4.39 Å². The van der Waals surface area contributed by atoms with E-state index in [1.165, 1.54) is 18.2 Å². The first-order chi connectivity index (χ1) is 7.10. The van der Waals surface area contributed by atoms with Crippen LogP contribution in [-0.2, 0) is 4.74 Å². The average Bonchev–Trinajstić information content (AvgIpc) is 2.23. The molecule has 0 bridgehead atoms. The maximum atomic E-state index is 13.0. The van der Waals surface area contributed by atoms with E-state index in [2.05, 4.69) is 0 Å². The monoisotopic (exact) mass is 231 g/mol. The minimum Gasteiger partial charge on any atom is -0.379 e. The summed E-state index contributed by atoms with van der Waals surface area (Å²) in [5.41, 5.74) is 6.54. The summed E-state index contributed by atoms with van der Waals surface area (Å²) in [5.74, 6) is -0.337. The second kappa shape index (κ2) is 5.45. The molecule has 1 aromatic rings. The normalized spacial score (nSPS) is 15.0. The van der Waals surface area contributed by atoms with Crippen LogP contribution in [-0.4, -0.2) is 13.2 Å². The Balaban J connectivity index is 2.98. The van der Waals surface area contributed by atoms with Gasteiger partial charge in [-0.15, -0.1) is 0 Å².